The van der Waals surface area contributed by atoms with Gasteiger partial charge in [0.25, 0.3) is 0 Å². The molecule has 0 aliphatic heterocycles. The van der Waals surface area contributed by atoms with Gasteiger partial charge in [0, 0.05) is 23.7 Å². The van der Waals surface area contributed by atoms with Gasteiger partial charge in [-0.3, -0.25) is 9.78 Å². The second-order valence-electron chi connectivity index (χ2n) is 4.85. The zero-order chi connectivity index (χ0) is 11.3. The lowest BCUT2D eigenvalue weighted by Crippen LogP contribution is -2.19. The molecule has 15 heavy (non-hydrogen) atoms. The Hall–Kier alpha value is -1.18. The summed E-state index contributed by atoms with van der Waals surface area (Å²) in [4.78, 5) is 15.9. The van der Waals surface area contributed by atoms with Crippen LogP contribution < -0.4 is 0 Å². The molecule has 0 bridgehead atoms. The van der Waals surface area contributed by atoms with E-state index < -0.39 is 0 Å². The van der Waals surface area contributed by atoms with E-state index in [4.69, 9.17) is 0 Å². The minimum atomic E-state index is -0.204. The van der Waals surface area contributed by atoms with Gasteiger partial charge in [0.05, 0.1) is 0 Å². The van der Waals surface area contributed by atoms with Gasteiger partial charge in [-0.2, -0.15) is 0 Å². The number of nitrogens with zero attached hydrogens (tertiary/aromatic N) is 1. The summed E-state index contributed by atoms with van der Waals surface area (Å²) in [7, 11) is 0. The Morgan fingerprint density at radius 1 is 1.33 bits per heavy atom. The molecule has 0 saturated heterocycles. The molecule has 0 spiro atoms. The van der Waals surface area contributed by atoms with Crippen LogP contribution in [0.5, 0.6) is 0 Å². The summed E-state index contributed by atoms with van der Waals surface area (Å²) < 4.78 is 0. The second kappa shape index (κ2) is 5.06. The maximum atomic E-state index is 11.6. The van der Waals surface area contributed by atoms with Crippen LogP contribution in [0.4, 0.5) is 0 Å². The van der Waals surface area contributed by atoms with Crippen LogP contribution in [0, 0.1) is 5.41 Å². The van der Waals surface area contributed by atoms with Crippen molar-refractivity contribution < 1.29 is 4.79 Å². The highest BCUT2D eigenvalue weighted by molar-refractivity contribution is 5.83. The van der Waals surface area contributed by atoms with Crippen LogP contribution >= 0.6 is 0 Å². The predicted octanol–water partition coefficient (Wildman–Crippen LogP) is 3.02. The van der Waals surface area contributed by atoms with Gasteiger partial charge < -0.3 is 0 Å². The van der Waals surface area contributed by atoms with E-state index >= 15 is 0 Å². The monoisotopic (exact) mass is 205 g/mol. The minimum Gasteiger partial charge on any atom is -0.299 e. The lowest BCUT2D eigenvalue weighted by atomic mass is 9.88. The Labute approximate surface area is 91.7 Å². The fourth-order valence-electron chi connectivity index (χ4n) is 1.35. The number of aryl methyl sites for hydroxylation is 1. The number of Topliss-reactive ketones (excluding diaryl/α,β-unsaturated/α-hetero) is 1. The average Bonchev–Trinajstić information content (AvgIpc) is 2.18. The van der Waals surface area contributed by atoms with Crippen LogP contribution in [0.15, 0.2) is 24.4 Å². The van der Waals surface area contributed by atoms with Gasteiger partial charge in [0.2, 0.25) is 0 Å². The molecule has 0 fully saturated rings. The Kier molecular flexibility index (Phi) is 4.01. The first-order valence-corrected chi connectivity index (χ1v) is 5.43. The molecule has 2 heteroatoms. The molecule has 0 N–H and O–H groups in total. The molecule has 1 aromatic rings. The van der Waals surface area contributed by atoms with Crippen molar-refractivity contribution in [1.29, 1.82) is 0 Å². The lowest BCUT2D eigenvalue weighted by molar-refractivity contribution is -0.126. The highest BCUT2D eigenvalue weighted by Gasteiger charge is 2.19. The molecule has 0 aliphatic rings. The van der Waals surface area contributed by atoms with Gasteiger partial charge in [0.15, 0.2) is 0 Å². The SMILES string of the molecule is CC(C)(C)C(=O)CCCc1ccccn1. The van der Waals surface area contributed by atoms with Crippen LogP contribution in [0.2, 0.25) is 0 Å². The molecule has 0 aliphatic carbocycles. The maximum Gasteiger partial charge on any atom is 0.138 e. The van der Waals surface area contributed by atoms with E-state index in [0.717, 1.165) is 18.5 Å². The van der Waals surface area contributed by atoms with E-state index in [9.17, 15) is 4.79 Å². The molecule has 1 aromatic heterocycles. The highest BCUT2D eigenvalue weighted by Crippen LogP contribution is 2.18. The van der Waals surface area contributed by atoms with Gasteiger partial charge in [0.1, 0.15) is 5.78 Å². The first kappa shape index (κ1) is 11.9. The molecule has 1 rings (SSSR count). The van der Waals surface area contributed by atoms with Crippen molar-refractivity contribution in [2.75, 3.05) is 0 Å². The summed E-state index contributed by atoms with van der Waals surface area (Å²) in [5.74, 6) is 0.332. The van der Waals surface area contributed by atoms with Crippen LogP contribution in [0.1, 0.15) is 39.3 Å². The topological polar surface area (TPSA) is 30.0 Å². The van der Waals surface area contributed by atoms with Crippen LogP contribution in [-0.2, 0) is 11.2 Å². The van der Waals surface area contributed by atoms with E-state index in [2.05, 4.69) is 4.98 Å². The molecular weight excluding hydrogens is 186 g/mol. The van der Waals surface area contributed by atoms with Gasteiger partial charge >= 0.3 is 0 Å². The van der Waals surface area contributed by atoms with E-state index in [0.29, 0.717) is 12.2 Å². The van der Waals surface area contributed by atoms with E-state index in [1.54, 1.807) is 6.20 Å². The largest absolute Gasteiger partial charge is 0.299 e. The second-order valence-corrected chi connectivity index (χ2v) is 4.85. The van der Waals surface area contributed by atoms with Crippen LogP contribution in [0.25, 0.3) is 0 Å². The van der Waals surface area contributed by atoms with Crippen molar-refractivity contribution in [1.82, 2.24) is 4.98 Å². The molecule has 0 saturated carbocycles. The maximum absolute atomic E-state index is 11.6. The zero-order valence-corrected chi connectivity index (χ0v) is 9.79. The number of aromatic nitrogens is 1. The summed E-state index contributed by atoms with van der Waals surface area (Å²) in [6, 6.07) is 5.89. The van der Waals surface area contributed by atoms with Crippen LogP contribution in [-0.4, -0.2) is 10.8 Å². The summed E-state index contributed by atoms with van der Waals surface area (Å²) in [5.41, 5.74) is 0.864. The standard InChI is InChI=1S/C13H19NO/c1-13(2,3)12(15)9-6-8-11-7-4-5-10-14-11/h4-5,7,10H,6,8-9H2,1-3H3. The molecule has 0 aromatic carbocycles. The summed E-state index contributed by atoms with van der Waals surface area (Å²) in [6.45, 7) is 5.91. The van der Waals surface area contributed by atoms with Gasteiger partial charge in [-0.15, -0.1) is 0 Å². The molecule has 0 atom stereocenters. The van der Waals surface area contributed by atoms with E-state index in [-0.39, 0.29) is 5.41 Å². The normalized spacial score (nSPS) is 11.4. The average molecular weight is 205 g/mol. The van der Waals surface area contributed by atoms with E-state index in [1.165, 1.54) is 0 Å². The number of carbonyl (C=O) groups is 1. The Bertz CT molecular complexity index is 311. The van der Waals surface area contributed by atoms with Gasteiger partial charge in [-0.25, -0.2) is 0 Å². The number of pyridine rings is 1. The summed E-state index contributed by atoms with van der Waals surface area (Å²) in [6.07, 6.45) is 4.23. The van der Waals surface area contributed by atoms with Crippen molar-refractivity contribution in [3.63, 3.8) is 0 Å². The predicted molar refractivity (Wildman–Crippen MR) is 61.6 cm³/mol. The zero-order valence-electron chi connectivity index (χ0n) is 9.79. The molecule has 82 valence electrons. The lowest BCUT2D eigenvalue weighted by Gasteiger charge is -2.15. The molecular formula is C13H19NO. The smallest absolute Gasteiger partial charge is 0.138 e. The molecule has 0 unspecified atom stereocenters. The molecule has 2 nitrogen and oxygen atoms in total. The molecule has 0 radical (unpaired) electrons. The van der Waals surface area contributed by atoms with Crippen molar-refractivity contribution in [2.24, 2.45) is 5.41 Å². The van der Waals surface area contributed by atoms with Crippen molar-refractivity contribution >= 4 is 5.78 Å². The third-order valence-electron chi connectivity index (χ3n) is 2.40. The van der Waals surface area contributed by atoms with Crippen molar-refractivity contribution in [3.05, 3.63) is 30.1 Å². The number of hydrogen-bond acceptors (Lipinski definition) is 2. The number of ketones is 1. The van der Waals surface area contributed by atoms with Gasteiger partial charge in [-0.05, 0) is 25.0 Å². The quantitative estimate of drug-likeness (QED) is 0.756. The van der Waals surface area contributed by atoms with Crippen molar-refractivity contribution in [3.8, 4) is 0 Å². The first-order valence-electron chi connectivity index (χ1n) is 5.43. The van der Waals surface area contributed by atoms with Crippen molar-refractivity contribution in [2.45, 2.75) is 40.0 Å². The molecule has 0 amide bonds. The molecule has 1 heterocycles. The fourth-order valence-corrected chi connectivity index (χ4v) is 1.35. The Morgan fingerprint density at radius 3 is 2.60 bits per heavy atom. The Balaban J connectivity index is 2.32. The van der Waals surface area contributed by atoms with E-state index in [1.807, 2.05) is 39.0 Å². The van der Waals surface area contributed by atoms with Crippen LogP contribution in [0.3, 0.4) is 0 Å². The number of hydrogen-bond donors (Lipinski definition) is 0. The Morgan fingerprint density at radius 2 is 2.07 bits per heavy atom. The minimum absolute atomic E-state index is 0.204. The number of carbonyl (C=O) groups excluding carboxylic acids is 1. The number of rotatable bonds is 4. The summed E-state index contributed by atoms with van der Waals surface area (Å²) >= 11 is 0. The fraction of sp³-hybridized carbons (Fsp3) is 0.538. The third-order valence-corrected chi connectivity index (χ3v) is 2.40. The van der Waals surface area contributed by atoms with Gasteiger partial charge in [-0.1, -0.05) is 26.8 Å². The third kappa shape index (κ3) is 4.24. The first-order chi connectivity index (χ1) is 7.00. The summed E-state index contributed by atoms with van der Waals surface area (Å²) in [5, 5.41) is 0. The highest BCUT2D eigenvalue weighted by atomic mass is 16.1.